The van der Waals surface area contributed by atoms with Crippen molar-refractivity contribution in [2.45, 2.75) is 13.8 Å². The van der Waals surface area contributed by atoms with E-state index in [0.29, 0.717) is 0 Å². The molecule has 1 amide bonds. The van der Waals surface area contributed by atoms with Gasteiger partial charge < -0.3 is 4.90 Å². The summed E-state index contributed by atoms with van der Waals surface area (Å²) in [6.45, 7) is 4.00. The summed E-state index contributed by atoms with van der Waals surface area (Å²) in [5.74, 6) is 5.50. The Hall–Kier alpha value is -2.53. The van der Waals surface area contributed by atoms with Crippen molar-refractivity contribution >= 4 is 11.6 Å². The van der Waals surface area contributed by atoms with Crippen LogP contribution < -0.4 is 4.90 Å². The summed E-state index contributed by atoms with van der Waals surface area (Å²) in [6, 6.07) is 15.5. The van der Waals surface area contributed by atoms with Crippen LogP contribution in [0.3, 0.4) is 0 Å². The summed E-state index contributed by atoms with van der Waals surface area (Å²) in [5.41, 5.74) is 3.95. The number of para-hydroxylation sites is 1. The van der Waals surface area contributed by atoms with Gasteiger partial charge in [0, 0.05) is 24.2 Å². The second kappa shape index (κ2) is 6.08. The van der Waals surface area contributed by atoms with Crippen LogP contribution in [0, 0.1) is 25.7 Å². The van der Waals surface area contributed by atoms with Gasteiger partial charge in [-0.05, 0) is 37.1 Å². The Labute approximate surface area is 120 Å². The molecule has 0 N–H and O–H groups in total. The lowest BCUT2D eigenvalue weighted by molar-refractivity contribution is -0.113. The Kier molecular flexibility index (Phi) is 4.22. The zero-order valence-corrected chi connectivity index (χ0v) is 12.0. The second-order valence-electron chi connectivity index (χ2n) is 4.72. The Morgan fingerprint density at radius 2 is 1.55 bits per heavy atom. The molecule has 0 atom stereocenters. The lowest BCUT2D eigenvalue weighted by Gasteiger charge is -2.13. The van der Waals surface area contributed by atoms with Crippen molar-refractivity contribution in [1.29, 1.82) is 0 Å². The minimum Gasteiger partial charge on any atom is -0.305 e. The lowest BCUT2D eigenvalue weighted by atomic mass is 10.0. The molecule has 20 heavy (non-hydrogen) atoms. The maximum atomic E-state index is 12.1. The number of nitrogens with zero attached hydrogens (tertiary/aromatic N) is 1. The van der Waals surface area contributed by atoms with Gasteiger partial charge in [-0.2, -0.15) is 0 Å². The van der Waals surface area contributed by atoms with Gasteiger partial charge in [0.2, 0.25) is 0 Å². The molecular weight excluding hydrogens is 246 g/mol. The molecular formula is C18H17NO. The predicted molar refractivity (Wildman–Crippen MR) is 82.6 cm³/mol. The largest absolute Gasteiger partial charge is 0.305 e. The summed E-state index contributed by atoms with van der Waals surface area (Å²) < 4.78 is 0. The Morgan fingerprint density at radius 3 is 2.15 bits per heavy atom. The van der Waals surface area contributed by atoms with E-state index < -0.39 is 0 Å². The topological polar surface area (TPSA) is 20.3 Å². The quantitative estimate of drug-likeness (QED) is 0.723. The van der Waals surface area contributed by atoms with E-state index in [1.165, 1.54) is 0 Å². The Balaban J connectivity index is 2.23. The average Bonchev–Trinajstić information content (AvgIpc) is 2.46. The minimum atomic E-state index is -0.209. The maximum absolute atomic E-state index is 12.1. The molecule has 0 heterocycles. The van der Waals surface area contributed by atoms with Gasteiger partial charge in [-0.1, -0.05) is 42.3 Å². The van der Waals surface area contributed by atoms with Crippen molar-refractivity contribution in [2.24, 2.45) is 0 Å². The predicted octanol–water partition coefficient (Wildman–Crippen LogP) is 3.32. The van der Waals surface area contributed by atoms with Crippen LogP contribution in [0.4, 0.5) is 5.69 Å². The van der Waals surface area contributed by atoms with Crippen LogP contribution >= 0.6 is 0 Å². The lowest BCUT2D eigenvalue weighted by Crippen LogP contribution is -2.24. The van der Waals surface area contributed by atoms with E-state index in [0.717, 1.165) is 22.4 Å². The number of hydrogen-bond acceptors (Lipinski definition) is 1. The number of benzene rings is 2. The minimum absolute atomic E-state index is 0.209. The van der Waals surface area contributed by atoms with E-state index in [9.17, 15) is 4.79 Å². The maximum Gasteiger partial charge on any atom is 0.302 e. The van der Waals surface area contributed by atoms with Crippen molar-refractivity contribution in [1.82, 2.24) is 0 Å². The third-order valence-corrected chi connectivity index (χ3v) is 3.22. The number of anilines is 1. The molecule has 0 aliphatic heterocycles. The second-order valence-corrected chi connectivity index (χ2v) is 4.72. The molecule has 0 aromatic heterocycles. The van der Waals surface area contributed by atoms with E-state index >= 15 is 0 Å². The Bertz CT molecular complexity index is 657. The molecule has 0 aliphatic carbocycles. The molecule has 0 aliphatic rings. The third kappa shape index (κ3) is 3.07. The van der Waals surface area contributed by atoms with Crippen LogP contribution in [-0.4, -0.2) is 13.0 Å². The summed E-state index contributed by atoms with van der Waals surface area (Å²) in [7, 11) is 1.73. The summed E-state index contributed by atoms with van der Waals surface area (Å²) in [6.07, 6.45) is 0. The van der Waals surface area contributed by atoms with Gasteiger partial charge in [-0.3, -0.25) is 4.79 Å². The first-order valence-corrected chi connectivity index (χ1v) is 6.50. The number of aryl methyl sites for hydroxylation is 2. The smallest absolute Gasteiger partial charge is 0.302 e. The van der Waals surface area contributed by atoms with Gasteiger partial charge in [-0.25, -0.2) is 0 Å². The average molecular weight is 263 g/mol. The highest BCUT2D eigenvalue weighted by Gasteiger charge is 2.07. The van der Waals surface area contributed by atoms with Gasteiger partial charge in [0.15, 0.2) is 0 Å². The van der Waals surface area contributed by atoms with Gasteiger partial charge in [0.1, 0.15) is 0 Å². The molecule has 0 bridgehead atoms. The number of rotatable bonds is 1. The zero-order valence-electron chi connectivity index (χ0n) is 12.0. The first-order valence-electron chi connectivity index (χ1n) is 6.50. The summed E-state index contributed by atoms with van der Waals surface area (Å²) in [5, 5.41) is 0. The van der Waals surface area contributed by atoms with Crippen molar-refractivity contribution in [3.63, 3.8) is 0 Å². The van der Waals surface area contributed by atoms with E-state index in [4.69, 9.17) is 0 Å². The molecule has 0 saturated carbocycles. The number of carbonyl (C=O) groups excluding carboxylic acids is 1. The van der Waals surface area contributed by atoms with Crippen LogP contribution in [0.2, 0.25) is 0 Å². The summed E-state index contributed by atoms with van der Waals surface area (Å²) >= 11 is 0. The molecule has 0 spiro atoms. The molecule has 2 heteroatoms. The fourth-order valence-electron chi connectivity index (χ4n) is 1.98. The first kappa shape index (κ1) is 13.9. The van der Waals surface area contributed by atoms with Gasteiger partial charge in [-0.15, -0.1) is 0 Å². The van der Waals surface area contributed by atoms with E-state index in [2.05, 4.69) is 11.8 Å². The SMILES string of the molecule is Cc1cccc(C)c1C#CC(=O)N(C)c1ccccc1. The molecule has 0 fully saturated rings. The van der Waals surface area contributed by atoms with Crippen LogP contribution in [0.25, 0.3) is 0 Å². The highest BCUT2D eigenvalue weighted by molar-refractivity contribution is 6.05. The van der Waals surface area contributed by atoms with E-state index in [1.54, 1.807) is 11.9 Å². The van der Waals surface area contributed by atoms with Crippen LogP contribution in [0.1, 0.15) is 16.7 Å². The number of hydrogen-bond donors (Lipinski definition) is 0. The molecule has 100 valence electrons. The highest BCUT2D eigenvalue weighted by atomic mass is 16.2. The van der Waals surface area contributed by atoms with Crippen LogP contribution in [0.5, 0.6) is 0 Å². The van der Waals surface area contributed by atoms with Crippen molar-refractivity contribution < 1.29 is 4.79 Å². The van der Waals surface area contributed by atoms with Gasteiger partial charge in [0.05, 0.1) is 0 Å². The fraction of sp³-hybridized carbons (Fsp3) is 0.167. The fourth-order valence-corrected chi connectivity index (χ4v) is 1.98. The first-order chi connectivity index (χ1) is 9.59. The standard InChI is InChI=1S/C18H17NO/c1-14-8-7-9-15(2)17(14)12-13-18(20)19(3)16-10-5-4-6-11-16/h4-11H,1-3H3. The summed E-state index contributed by atoms with van der Waals surface area (Å²) in [4.78, 5) is 13.6. The molecule has 2 rings (SSSR count). The molecule has 0 saturated heterocycles. The Morgan fingerprint density at radius 1 is 0.950 bits per heavy atom. The molecule has 0 radical (unpaired) electrons. The van der Waals surface area contributed by atoms with Crippen molar-refractivity contribution in [3.05, 3.63) is 65.2 Å². The molecule has 2 nitrogen and oxygen atoms in total. The zero-order chi connectivity index (χ0) is 14.5. The molecule has 2 aromatic rings. The number of amides is 1. The van der Waals surface area contributed by atoms with Crippen molar-refractivity contribution in [3.8, 4) is 11.8 Å². The third-order valence-electron chi connectivity index (χ3n) is 3.22. The van der Waals surface area contributed by atoms with Crippen molar-refractivity contribution in [2.75, 3.05) is 11.9 Å². The van der Waals surface area contributed by atoms with E-state index in [-0.39, 0.29) is 5.91 Å². The van der Waals surface area contributed by atoms with Crippen LogP contribution in [0.15, 0.2) is 48.5 Å². The van der Waals surface area contributed by atoms with E-state index in [1.807, 2.05) is 62.4 Å². The monoisotopic (exact) mass is 263 g/mol. The van der Waals surface area contributed by atoms with Crippen LogP contribution in [-0.2, 0) is 4.79 Å². The highest BCUT2D eigenvalue weighted by Crippen LogP contribution is 2.13. The normalized spacial score (nSPS) is 9.55. The van der Waals surface area contributed by atoms with Gasteiger partial charge in [0.25, 0.3) is 0 Å². The molecule has 0 unspecified atom stereocenters. The van der Waals surface area contributed by atoms with Gasteiger partial charge >= 0.3 is 5.91 Å². The molecule has 2 aromatic carbocycles. The number of carbonyl (C=O) groups is 1.